The smallest absolute Gasteiger partial charge is 0.159 e. The van der Waals surface area contributed by atoms with E-state index in [1.165, 1.54) is 12.1 Å². The van der Waals surface area contributed by atoms with Crippen LogP contribution < -0.4 is 0 Å². The minimum atomic E-state index is -0.767. The summed E-state index contributed by atoms with van der Waals surface area (Å²) < 4.78 is 25.4. The zero-order valence-electron chi connectivity index (χ0n) is 7.94. The number of hydrogen-bond donors (Lipinski definition) is 0. The average molecular weight is 221 g/mol. The maximum Gasteiger partial charge on any atom is 0.159 e. The van der Waals surface area contributed by atoms with E-state index < -0.39 is 11.6 Å². The van der Waals surface area contributed by atoms with Gasteiger partial charge in [-0.3, -0.25) is 0 Å². The molecule has 0 nitrogen and oxygen atoms in total. The van der Waals surface area contributed by atoms with Crippen molar-refractivity contribution < 1.29 is 27.3 Å². The monoisotopic (exact) mass is 221 g/mol. The van der Waals surface area contributed by atoms with Gasteiger partial charge in [0, 0.05) is 18.6 Å². The molecule has 71 valence electrons. The first-order chi connectivity index (χ1) is 5.52. The van der Waals surface area contributed by atoms with E-state index in [-0.39, 0.29) is 24.5 Å². The number of benzene rings is 1. The summed E-state index contributed by atoms with van der Waals surface area (Å²) in [6, 6.07) is 2.51. The Kier molecular flexibility index (Phi) is 4.65. The van der Waals surface area contributed by atoms with Crippen LogP contribution in [0.3, 0.4) is 0 Å². The van der Waals surface area contributed by atoms with Gasteiger partial charge in [-0.1, -0.05) is 13.8 Å². The SMILES string of the molecule is Cc1cc(F)c(F)cc1C(C)C.[V]. The Morgan fingerprint density at radius 3 is 2.00 bits per heavy atom. The van der Waals surface area contributed by atoms with E-state index in [4.69, 9.17) is 0 Å². The molecule has 0 aliphatic rings. The third-order valence-corrected chi connectivity index (χ3v) is 1.93. The summed E-state index contributed by atoms with van der Waals surface area (Å²) in [5.41, 5.74) is 1.68. The zero-order chi connectivity index (χ0) is 9.30. The molecule has 1 aromatic carbocycles. The standard InChI is InChI=1S/C10H12F2.V/c1-6(2)8-5-10(12)9(11)4-7(8)3;/h4-6H,1-3H3;. The van der Waals surface area contributed by atoms with Gasteiger partial charge in [-0.2, -0.15) is 0 Å². The summed E-state index contributed by atoms with van der Waals surface area (Å²) in [4.78, 5) is 0. The van der Waals surface area contributed by atoms with Crippen LogP contribution in [0.5, 0.6) is 0 Å². The van der Waals surface area contributed by atoms with Crippen molar-refractivity contribution in [2.75, 3.05) is 0 Å². The topological polar surface area (TPSA) is 0 Å². The minimum Gasteiger partial charge on any atom is -0.204 e. The molecule has 3 heteroatoms. The predicted octanol–water partition coefficient (Wildman–Crippen LogP) is 3.39. The molecule has 1 radical (unpaired) electrons. The molecule has 0 bridgehead atoms. The van der Waals surface area contributed by atoms with Crippen molar-refractivity contribution in [1.82, 2.24) is 0 Å². The Labute approximate surface area is 89.2 Å². The summed E-state index contributed by atoms with van der Waals surface area (Å²) >= 11 is 0. The molecule has 0 aromatic heterocycles. The van der Waals surface area contributed by atoms with Gasteiger partial charge in [-0.05, 0) is 36.1 Å². The van der Waals surface area contributed by atoms with E-state index in [1.54, 1.807) is 6.92 Å². The molecule has 0 amide bonds. The van der Waals surface area contributed by atoms with Gasteiger partial charge >= 0.3 is 0 Å². The van der Waals surface area contributed by atoms with Crippen molar-refractivity contribution in [3.63, 3.8) is 0 Å². The molecular formula is C10H12F2V. The molecule has 0 N–H and O–H groups in total. The maximum absolute atomic E-state index is 12.7. The Bertz CT molecular complexity index is 295. The van der Waals surface area contributed by atoms with Crippen molar-refractivity contribution >= 4 is 0 Å². The Balaban J connectivity index is 0.00000144. The van der Waals surface area contributed by atoms with E-state index in [0.29, 0.717) is 0 Å². The third kappa shape index (κ3) is 2.82. The molecule has 0 aliphatic carbocycles. The van der Waals surface area contributed by atoms with Crippen LogP contribution in [0.25, 0.3) is 0 Å². The largest absolute Gasteiger partial charge is 0.204 e. The van der Waals surface area contributed by atoms with Gasteiger partial charge in [0.05, 0.1) is 0 Å². The molecule has 0 spiro atoms. The second-order valence-corrected chi connectivity index (χ2v) is 3.28. The van der Waals surface area contributed by atoms with Crippen LogP contribution in [-0.2, 0) is 18.6 Å². The molecule has 0 unspecified atom stereocenters. The summed E-state index contributed by atoms with van der Waals surface area (Å²) in [5, 5.41) is 0. The second kappa shape index (κ2) is 4.78. The van der Waals surface area contributed by atoms with E-state index in [1.807, 2.05) is 13.8 Å². The van der Waals surface area contributed by atoms with Crippen LogP contribution in [-0.4, -0.2) is 0 Å². The number of aryl methyl sites for hydroxylation is 1. The fourth-order valence-electron chi connectivity index (χ4n) is 1.28. The zero-order valence-corrected chi connectivity index (χ0v) is 9.33. The Hall–Kier alpha value is -0.336. The van der Waals surface area contributed by atoms with Crippen LogP contribution in [0.15, 0.2) is 12.1 Å². The maximum atomic E-state index is 12.7. The molecule has 0 fully saturated rings. The first-order valence-corrected chi connectivity index (χ1v) is 3.98. The first-order valence-electron chi connectivity index (χ1n) is 3.98. The first kappa shape index (κ1) is 12.7. The predicted molar refractivity (Wildman–Crippen MR) is 45.2 cm³/mol. The van der Waals surface area contributed by atoms with E-state index >= 15 is 0 Å². The van der Waals surface area contributed by atoms with Gasteiger partial charge in [0.2, 0.25) is 0 Å². The molecule has 0 atom stereocenters. The quantitative estimate of drug-likeness (QED) is 0.681. The average Bonchev–Trinajstić information content (AvgIpc) is 1.96. The third-order valence-electron chi connectivity index (χ3n) is 1.93. The Morgan fingerprint density at radius 1 is 1.08 bits per heavy atom. The molecular weight excluding hydrogens is 209 g/mol. The van der Waals surface area contributed by atoms with Crippen molar-refractivity contribution in [2.45, 2.75) is 26.7 Å². The van der Waals surface area contributed by atoms with E-state index in [0.717, 1.165) is 11.1 Å². The van der Waals surface area contributed by atoms with Gasteiger partial charge in [0.1, 0.15) is 0 Å². The fraction of sp³-hybridized carbons (Fsp3) is 0.400. The normalized spacial score (nSPS) is 10.0. The van der Waals surface area contributed by atoms with E-state index in [2.05, 4.69) is 0 Å². The number of hydrogen-bond acceptors (Lipinski definition) is 0. The second-order valence-electron chi connectivity index (χ2n) is 3.28. The molecule has 0 saturated heterocycles. The van der Waals surface area contributed by atoms with Gasteiger partial charge in [0.25, 0.3) is 0 Å². The van der Waals surface area contributed by atoms with Crippen LogP contribution >= 0.6 is 0 Å². The van der Waals surface area contributed by atoms with Crippen molar-refractivity contribution in [1.29, 1.82) is 0 Å². The van der Waals surface area contributed by atoms with Crippen molar-refractivity contribution in [3.8, 4) is 0 Å². The van der Waals surface area contributed by atoms with Crippen LogP contribution in [0.4, 0.5) is 8.78 Å². The molecule has 1 aromatic rings. The summed E-state index contributed by atoms with van der Waals surface area (Å²) in [6.45, 7) is 5.71. The molecule has 0 heterocycles. The Morgan fingerprint density at radius 2 is 1.54 bits per heavy atom. The summed E-state index contributed by atoms with van der Waals surface area (Å²) in [6.07, 6.45) is 0. The van der Waals surface area contributed by atoms with Crippen molar-refractivity contribution in [2.24, 2.45) is 0 Å². The molecule has 1 rings (SSSR count). The summed E-state index contributed by atoms with van der Waals surface area (Å²) in [7, 11) is 0. The van der Waals surface area contributed by atoms with Crippen LogP contribution in [0, 0.1) is 18.6 Å². The molecule has 13 heavy (non-hydrogen) atoms. The fourth-order valence-corrected chi connectivity index (χ4v) is 1.28. The minimum absolute atomic E-state index is 0. The van der Waals surface area contributed by atoms with Crippen LogP contribution in [0.1, 0.15) is 30.9 Å². The summed E-state index contributed by atoms with van der Waals surface area (Å²) in [5.74, 6) is -1.29. The number of halogens is 2. The van der Waals surface area contributed by atoms with Gasteiger partial charge < -0.3 is 0 Å². The van der Waals surface area contributed by atoms with Crippen LogP contribution in [0.2, 0.25) is 0 Å². The van der Waals surface area contributed by atoms with Gasteiger partial charge in [-0.15, -0.1) is 0 Å². The molecule has 0 aliphatic heterocycles. The van der Waals surface area contributed by atoms with Crippen molar-refractivity contribution in [3.05, 3.63) is 34.9 Å². The number of rotatable bonds is 1. The van der Waals surface area contributed by atoms with E-state index in [9.17, 15) is 8.78 Å². The van der Waals surface area contributed by atoms with Gasteiger partial charge in [-0.25, -0.2) is 8.78 Å². The molecule has 0 saturated carbocycles. The van der Waals surface area contributed by atoms with Gasteiger partial charge in [0.15, 0.2) is 11.6 Å².